The van der Waals surface area contributed by atoms with Gasteiger partial charge in [0.25, 0.3) is 0 Å². The molecule has 2 N–H and O–H groups in total. The minimum atomic E-state index is -0.425. The van der Waals surface area contributed by atoms with E-state index in [1.54, 1.807) is 60.7 Å². The molecule has 0 amide bonds. The molecule has 0 aliphatic rings. The van der Waals surface area contributed by atoms with Crippen molar-refractivity contribution in [3.8, 4) is 34.5 Å². The topological polar surface area (TPSA) is 183 Å². The fraction of sp³-hybridized carbons (Fsp3) is 0.556. The van der Waals surface area contributed by atoms with Crippen molar-refractivity contribution in [2.45, 2.75) is 205 Å². The molecule has 14 nitrogen and oxygen atoms in total. The number of esters is 4. The molecule has 4 aromatic carbocycles. The molecule has 0 atom stereocenters. The molecular weight excluding hydrogens is 1090 g/mol. The van der Waals surface area contributed by atoms with E-state index in [4.69, 9.17) is 48.1 Å². The molecule has 0 aromatic heterocycles. The summed E-state index contributed by atoms with van der Waals surface area (Å²) in [5, 5.41) is 17.6. The van der Waals surface area contributed by atoms with E-state index in [1.807, 2.05) is 36.4 Å². The highest BCUT2D eigenvalue weighted by molar-refractivity contribution is 5.91. The zero-order valence-electron chi connectivity index (χ0n) is 51.9. The van der Waals surface area contributed by atoms with Crippen LogP contribution in [0.2, 0.25) is 0 Å². The summed E-state index contributed by atoms with van der Waals surface area (Å²) in [6.45, 7) is 10.9. The Morgan fingerprint density at radius 1 is 0.279 bits per heavy atom. The van der Waals surface area contributed by atoms with Gasteiger partial charge < -0.3 is 48.1 Å². The van der Waals surface area contributed by atoms with Crippen LogP contribution in [-0.2, 0) is 19.1 Å². The predicted octanol–water partition coefficient (Wildman–Crippen LogP) is 17.3. The number of hydrogen-bond donors (Lipinski definition) is 2. The number of unbranched alkanes of at least 4 members (excludes halogenated alkanes) is 28. The van der Waals surface area contributed by atoms with Gasteiger partial charge in [0.1, 0.15) is 34.5 Å². The monoisotopic (exact) mass is 1190 g/mol. The van der Waals surface area contributed by atoms with Crippen LogP contribution in [0.5, 0.6) is 34.5 Å². The molecule has 0 saturated heterocycles. The van der Waals surface area contributed by atoms with E-state index in [2.05, 4.69) is 13.2 Å². The maximum absolute atomic E-state index is 12.6. The van der Waals surface area contributed by atoms with Crippen molar-refractivity contribution >= 4 is 23.9 Å². The number of carbonyl (C=O) groups is 4. The molecule has 0 fully saturated rings. The molecular formula is C72H104O14. The van der Waals surface area contributed by atoms with Crippen LogP contribution >= 0.6 is 0 Å². The third-order valence-corrected chi connectivity index (χ3v) is 14.3. The van der Waals surface area contributed by atoms with E-state index < -0.39 is 11.9 Å². The summed E-state index contributed by atoms with van der Waals surface area (Å²) in [6, 6.07) is 28.3. The second-order valence-corrected chi connectivity index (χ2v) is 21.7. The molecule has 14 heteroatoms. The van der Waals surface area contributed by atoms with E-state index in [9.17, 15) is 19.2 Å². The zero-order chi connectivity index (χ0) is 61.6. The Hall–Kier alpha value is -6.64. The van der Waals surface area contributed by atoms with Gasteiger partial charge in [-0.3, -0.25) is 0 Å². The summed E-state index contributed by atoms with van der Waals surface area (Å²) in [4.78, 5) is 47.0. The smallest absolute Gasteiger partial charge is 0.343 e. The summed E-state index contributed by atoms with van der Waals surface area (Å²) in [7, 11) is 0. The maximum Gasteiger partial charge on any atom is 0.343 e. The molecule has 86 heavy (non-hydrogen) atoms. The molecule has 0 aliphatic carbocycles. The normalized spacial score (nSPS) is 10.7. The van der Waals surface area contributed by atoms with Gasteiger partial charge in [-0.15, -0.1) is 0 Å². The SMILES string of the molecule is C=CC(=O)OCCCCCCCCCCCCOc1ccc(C(=O)Oc2ccc(OCCCCCCCCCCCO)cc2)cc1.C=CC(=O)OCCCCCCOc1ccc(C(=O)Oc2ccc(OCCCCCCCCCCCO)cc2)cc1. The van der Waals surface area contributed by atoms with Crippen LogP contribution in [0.4, 0.5) is 0 Å². The highest BCUT2D eigenvalue weighted by atomic mass is 16.5. The number of carbonyl (C=O) groups excluding carboxylic acids is 4. The van der Waals surface area contributed by atoms with Crippen LogP contribution in [0.15, 0.2) is 122 Å². The van der Waals surface area contributed by atoms with Crippen molar-refractivity contribution in [2.75, 3.05) is 52.9 Å². The Morgan fingerprint density at radius 3 is 0.709 bits per heavy atom. The molecule has 0 bridgehead atoms. The Morgan fingerprint density at radius 2 is 0.477 bits per heavy atom. The van der Waals surface area contributed by atoms with Crippen molar-refractivity contribution in [2.24, 2.45) is 0 Å². The van der Waals surface area contributed by atoms with E-state index in [0.717, 1.165) is 114 Å². The Bertz CT molecular complexity index is 2330. The summed E-state index contributed by atoms with van der Waals surface area (Å²) in [5.74, 6) is 2.41. The minimum absolute atomic E-state index is 0.308. The predicted molar refractivity (Wildman–Crippen MR) is 342 cm³/mol. The number of rotatable bonds is 52. The highest BCUT2D eigenvalue weighted by Gasteiger charge is 2.12. The first-order chi connectivity index (χ1) is 42.2. The third-order valence-electron chi connectivity index (χ3n) is 14.3. The lowest BCUT2D eigenvalue weighted by atomic mass is 10.1. The average Bonchev–Trinajstić information content (AvgIpc) is 3.64. The molecule has 0 saturated carbocycles. The molecule has 476 valence electrons. The van der Waals surface area contributed by atoms with Crippen LogP contribution in [0.1, 0.15) is 226 Å². The first-order valence-corrected chi connectivity index (χ1v) is 32.4. The third kappa shape index (κ3) is 39.1. The molecule has 0 radical (unpaired) electrons. The van der Waals surface area contributed by atoms with Crippen LogP contribution in [0, 0.1) is 0 Å². The van der Waals surface area contributed by atoms with E-state index >= 15 is 0 Å². The molecule has 4 aromatic rings. The van der Waals surface area contributed by atoms with Gasteiger partial charge >= 0.3 is 23.9 Å². The van der Waals surface area contributed by atoms with Crippen molar-refractivity contribution < 1.29 is 67.3 Å². The molecule has 0 spiro atoms. The van der Waals surface area contributed by atoms with Crippen molar-refractivity contribution in [3.63, 3.8) is 0 Å². The number of ether oxygens (including phenoxy) is 8. The molecule has 0 unspecified atom stereocenters. The quantitative estimate of drug-likeness (QED) is 0.0184. The molecule has 0 heterocycles. The Balaban J connectivity index is 0.000000455. The van der Waals surface area contributed by atoms with Crippen molar-refractivity contribution in [3.05, 3.63) is 133 Å². The van der Waals surface area contributed by atoms with E-state index in [0.29, 0.717) is 81.2 Å². The highest BCUT2D eigenvalue weighted by Crippen LogP contribution is 2.23. The van der Waals surface area contributed by atoms with Gasteiger partial charge in [-0.25, -0.2) is 19.2 Å². The maximum atomic E-state index is 12.6. The fourth-order valence-electron chi connectivity index (χ4n) is 9.22. The van der Waals surface area contributed by atoms with Gasteiger partial charge in [0.15, 0.2) is 0 Å². The number of benzene rings is 4. The fourth-order valence-corrected chi connectivity index (χ4v) is 9.22. The van der Waals surface area contributed by atoms with Gasteiger partial charge in [0.05, 0.1) is 50.8 Å². The molecule has 0 aliphatic heterocycles. The van der Waals surface area contributed by atoms with Gasteiger partial charge in [-0.1, -0.05) is 154 Å². The first kappa shape index (κ1) is 73.6. The number of hydrogen-bond acceptors (Lipinski definition) is 14. The van der Waals surface area contributed by atoms with E-state index in [1.165, 1.54) is 121 Å². The van der Waals surface area contributed by atoms with Crippen LogP contribution in [0.3, 0.4) is 0 Å². The average molecular weight is 1190 g/mol. The summed E-state index contributed by atoms with van der Waals surface area (Å²) in [5.41, 5.74) is 0.931. The summed E-state index contributed by atoms with van der Waals surface area (Å²) >= 11 is 0. The lowest BCUT2D eigenvalue weighted by Gasteiger charge is -2.09. The van der Waals surface area contributed by atoms with Crippen molar-refractivity contribution in [1.29, 1.82) is 0 Å². The van der Waals surface area contributed by atoms with Gasteiger partial charge in [0, 0.05) is 25.4 Å². The van der Waals surface area contributed by atoms with Crippen molar-refractivity contribution in [1.82, 2.24) is 0 Å². The van der Waals surface area contributed by atoms with Crippen LogP contribution in [0.25, 0.3) is 0 Å². The first-order valence-electron chi connectivity index (χ1n) is 32.4. The summed E-state index contributed by atoms with van der Waals surface area (Å²) in [6.07, 6.45) is 38.6. The van der Waals surface area contributed by atoms with Gasteiger partial charge in [-0.05, 0) is 161 Å². The molecule has 4 rings (SSSR count). The second kappa shape index (κ2) is 51.6. The van der Waals surface area contributed by atoms with Gasteiger partial charge in [-0.2, -0.15) is 0 Å². The number of aliphatic hydroxyl groups is 2. The standard InChI is InChI=1S/C39H58O7.C33H46O7/c1-2-38(41)45-33-21-17-13-8-4-3-7-11-15-19-31-43-35-24-22-34(23-25-35)39(42)46-37-28-26-36(27-29-37)44-32-20-16-12-9-5-6-10-14-18-30-40;1-2-32(35)39-27-15-11-10-14-26-37-29-18-16-28(17-19-29)33(36)40-31-22-20-30(21-23-31)38-25-13-9-7-5-3-4-6-8-12-24-34/h2,22-29,40H,1,3-21,30-33H2;2,16-23,34H,1,3-15,24-27H2. The van der Waals surface area contributed by atoms with Crippen LogP contribution < -0.4 is 28.4 Å². The van der Waals surface area contributed by atoms with E-state index in [-0.39, 0.29) is 11.9 Å². The Labute approximate surface area is 515 Å². The second-order valence-electron chi connectivity index (χ2n) is 21.7. The largest absolute Gasteiger partial charge is 0.494 e. The van der Waals surface area contributed by atoms with Gasteiger partial charge in [0.2, 0.25) is 0 Å². The van der Waals surface area contributed by atoms with Crippen LogP contribution in [-0.4, -0.2) is 86.9 Å². The lowest BCUT2D eigenvalue weighted by molar-refractivity contribution is -0.138. The summed E-state index contributed by atoms with van der Waals surface area (Å²) < 4.78 is 44.2. The lowest BCUT2D eigenvalue weighted by Crippen LogP contribution is -2.08. The zero-order valence-corrected chi connectivity index (χ0v) is 51.9. The number of aliphatic hydroxyl groups excluding tert-OH is 2. The Kier molecular flexibility index (Phi) is 44.1. The minimum Gasteiger partial charge on any atom is -0.494 e.